The smallest absolute Gasteiger partial charge is 0.300 e. The number of nitrogens with zero attached hydrogens (tertiary/aromatic N) is 2. The fourth-order valence-electron chi connectivity index (χ4n) is 4.07. The van der Waals surface area contributed by atoms with Gasteiger partial charge in [-0.3, -0.25) is 19.5 Å². The molecule has 0 radical (unpaired) electrons. The Kier molecular flexibility index (Phi) is 5.87. The summed E-state index contributed by atoms with van der Waals surface area (Å²) in [4.78, 5) is 32.2. The normalized spacial score (nSPS) is 17.3. The van der Waals surface area contributed by atoms with E-state index < -0.39 is 17.7 Å². The molecule has 0 aliphatic carbocycles. The minimum Gasteiger partial charge on any atom is -0.507 e. The summed E-state index contributed by atoms with van der Waals surface area (Å²) in [6.07, 6.45) is 3.21. The first kappa shape index (κ1) is 22.1. The largest absolute Gasteiger partial charge is 0.507 e. The van der Waals surface area contributed by atoms with Gasteiger partial charge in [0, 0.05) is 23.6 Å². The number of methoxy groups -OCH3 is 2. The van der Waals surface area contributed by atoms with E-state index >= 15 is 0 Å². The number of ether oxygens (including phenoxy) is 2. The van der Waals surface area contributed by atoms with Crippen LogP contribution in [-0.2, 0) is 9.59 Å². The summed E-state index contributed by atoms with van der Waals surface area (Å²) >= 11 is 0. The topological polar surface area (TPSA) is 89.0 Å². The van der Waals surface area contributed by atoms with Crippen molar-refractivity contribution in [3.05, 3.63) is 88.8 Å². The molecule has 1 N–H and O–H groups in total. The van der Waals surface area contributed by atoms with Gasteiger partial charge in [-0.25, -0.2) is 0 Å². The Bertz CT molecular complexity index is 1270. The van der Waals surface area contributed by atoms with Crippen LogP contribution in [0.25, 0.3) is 5.76 Å². The molecular weight excluding hydrogens is 420 g/mol. The number of hydrogen-bond donors (Lipinski definition) is 1. The van der Waals surface area contributed by atoms with E-state index in [2.05, 4.69) is 4.98 Å². The molecule has 7 nitrogen and oxygen atoms in total. The van der Waals surface area contributed by atoms with Gasteiger partial charge in [0.05, 0.1) is 25.8 Å². The SMILES string of the molecule is COc1ccc(/C(O)=C2\C(=O)C(=O)N(c3cccc(C)c3C)C2c2cccnc2)cc1OC. The Labute approximate surface area is 191 Å². The maximum absolute atomic E-state index is 13.3. The van der Waals surface area contributed by atoms with Crippen LogP contribution >= 0.6 is 0 Å². The highest BCUT2D eigenvalue weighted by Crippen LogP contribution is 2.43. The molecule has 1 atom stereocenters. The third kappa shape index (κ3) is 3.71. The minimum absolute atomic E-state index is 0.0128. The van der Waals surface area contributed by atoms with Gasteiger partial charge in [0.1, 0.15) is 5.76 Å². The fraction of sp³-hybridized carbons (Fsp3) is 0.192. The van der Waals surface area contributed by atoms with E-state index in [0.717, 1.165) is 11.1 Å². The number of carbonyl (C=O) groups excluding carboxylic acids is 2. The molecule has 1 amide bonds. The molecule has 2 heterocycles. The average molecular weight is 444 g/mol. The first-order chi connectivity index (χ1) is 15.9. The predicted molar refractivity (Wildman–Crippen MR) is 124 cm³/mol. The second-order valence-corrected chi connectivity index (χ2v) is 7.74. The predicted octanol–water partition coefficient (Wildman–Crippen LogP) is 4.34. The Morgan fingerprint density at radius 1 is 1.00 bits per heavy atom. The van der Waals surface area contributed by atoms with Gasteiger partial charge in [-0.15, -0.1) is 0 Å². The lowest BCUT2D eigenvalue weighted by molar-refractivity contribution is -0.132. The third-order valence-electron chi connectivity index (χ3n) is 5.94. The Balaban J connectivity index is 1.96. The summed E-state index contributed by atoms with van der Waals surface area (Å²) in [6, 6.07) is 13.1. The molecule has 1 aliphatic heterocycles. The number of ketones is 1. The summed E-state index contributed by atoms with van der Waals surface area (Å²) in [7, 11) is 2.99. The van der Waals surface area contributed by atoms with Gasteiger partial charge in [0.15, 0.2) is 11.5 Å². The van der Waals surface area contributed by atoms with E-state index in [-0.39, 0.29) is 11.3 Å². The molecule has 168 valence electrons. The zero-order valence-corrected chi connectivity index (χ0v) is 18.8. The molecule has 1 fully saturated rings. The molecule has 1 saturated heterocycles. The molecular formula is C26H24N2O5. The lowest BCUT2D eigenvalue weighted by Crippen LogP contribution is -2.30. The van der Waals surface area contributed by atoms with E-state index in [1.165, 1.54) is 19.1 Å². The van der Waals surface area contributed by atoms with Gasteiger partial charge in [-0.1, -0.05) is 18.2 Å². The molecule has 7 heteroatoms. The van der Waals surface area contributed by atoms with Crippen LogP contribution in [0.5, 0.6) is 11.5 Å². The lowest BCUT2D eigenvalue weighted by Gasteiger charge is -2.27. The summed E-state index contributed by atoms with van der Waals surface area (Å²) in [6.45, 7) is 3.84. The zero-order chi connectivity index (χ0) is 23.7. The van der Waals surface area contributed by atoms with E-state index in [9.17, 15) is 14.7 Å². The van der Waals surface area contributed by atoms with Crippen molar-refractivity contribution in [1.29, 1.82) is 0 Å². The first-order valence-corrected chi connectivity index (χ1v) is 10.4. The van der Waals surface area contributed by atoms with E-state index in [0.29, 0.717) is 28.3 Å². The van der Waals surface area contributed by atoms with Crippen molar-refractivity contribution in [3.8, 4) is 11.5 Å². The van der Waals surface area contributed by atoms with Crippen LogP contribution in [0.2, 0.25) is 0 Å². The molecule has 3 aromatic rings. The second kappa shape index (κ2) is 8.78. The van der Waals surface area contributed by atoms with Crippen LogP contribution in [0, 0.1) is 13.8 Å². The first-order valence-electron chi connectivity index (χ1n) is 10.4. The highest BCUT2D eigenvalue weighted by Gasteiger charge is 2.47. The van der Waals surface area contributed by atoms with Gasteiger partial charge in [-0.2, -0.15) is 0 Å². The van der Waals surface area contributed by atoms with Crippen LogP contribution in [-0.4, -0.2) is 36.0 Å². The number of benzene rings is 2. The molecule has 0 bridgehead atoms. The standard InChI is InChI=1S/C26H24N2O5/c1-15-7-5-9-19(16(15)2)28-23(18-8-6-12-27-14-18)22(25(30)26(28)31)24(29)17-10-11-20(32-3)21(13-17)33-4/h5-14,23,29H,1-4H3/b24-22+. The van der Waals surface area contributed by atoms with Gasteiger partial charge >= 0.3 is 0 Å². The second-order valence-electron chi connectivity index (χ2n) is 7.74. The molecule has 1 aliphatic rings. The van der Waals surface area contributed by atoms with Crippen molar-refractivity contribution < 1.29 is 24.2 Å². The summed E-state index contributed by atoms with van der Waals surface area (Å²) in [5, 5.41) is 11.3. The minimum atomic E-state index is -0.840. The highest BCUT2D eigenvalue weighted by molar-refractivity contribution is 6.51. The van der Waals surface area contributed by atoms with E-state index in [1.807, 2.05) is 26.0 Å². The van der Waals surface area contributed by atoms with Gasteiger partial charge in [-0.05, 0) is 60.9 Å². The average Bonchev–Trinajstić information content (AvgIpc) is 3.10. The van der Waals surface area contributed by atoms with Crippen molar-refractivity contribution in [3.63, 3.8) is 0 Å². The third-order valence-corrected chi connectivity index (χ3v) is 5.94. The number of rotatable bonds is 5. The molecule has 0 spiro atoms. The van der Waals surface area contributed by atoms with Crippen LogP contribution in [0.4, 0.5) is 5.69 Å². The van der Waals surface area contributed by atoms with Gasteiger partial charge in [0.25, 0.3) is 11.7 Å². The maximum Gasteiger partial charge on any atom is 0.300 e. The van der Waals surface area contributed by atoms with E-state index in [4.69, 9.17) is 9.47 Å². The quantitative estimate of drug-likeness (QED) is 0.358. The number of aliphatic hydroxyl groups is 1. The monoisotopic (exact) mass is 444 g/mol. The van der Waals surface area contributed by atoms with E-state index in [1.54, 1.807) is 48.8 Å². The number of Topliss-reactive ketones (excluding diaryl/α,β-unsaturated/α-hetero) is 1. The lowest BCUT2D eigenvalue weighted by atomic mass is 9.95. The van der Waals surface area contributed by atoms with Crippen LogP contribution < -0.4 is 14.4 Å². The summed E-state index contributed by atoms with van der Waals surface area (Å²) in [5.41, 5.74) is 3.40. The fourth-order valence-corrected chi connectivity index (χ4v) is 4.07. The van der Waals surface area contributed by atoms with Crippen LogP contribution in [0.1, 0.15) is 28.3 Å². The highest BCUT2D eigenvalue weighted by atomic mass is 16.5. The van der Waals surface area contributed by atoms with Crippen molar-refractivity contribution >= 4 is 23.1 Å². The molecule has 1 unspecified atom stereocenters. The molecule has 4 rings (SSSR count). The Hall–Kier alpha value is -4.13. The number of anilines is 1. The van der Waals surface area contributed by atoms with Gasteiger partial charge in [0.2, 0.25) is 0 Å². The van der Waals surface area contributed by atoms with Crippen molar-refractivity contribution in [2.45, 2.75) is 19.9 Å². The Morgan fingerprint density at radius 3 is 2.42 bits per heavy atom. The summed E-state index contributed by atoms with van der Waals surface area (Å²) < 4.78 is 10.6. The number of carbonyl (C=O) groups is 2. The molecule has 1 aromatic heterocycles. The van der Waals surface area contributed by atoms with Crippen LogP contribution in [0.15, 0.2) is 66.5 Å². The van der Waals surface area contributed by atoms with Crippen molar-refractivity contribution in [2.75, 3.05) is 19.1 Å². The van der Waals surface area contributed by atoms with Gasteiger partial charge < -0.3 is 14.6 Å². The maximum atomic E-state index is 13.3. The number of aromatic nitrogens is 1. The number of amides is 1. The number of aryl methyl sites for hydroxylation is 1. The number of pyridine rings is 1. The summed E-state index contributed by atoms with van der Waals surface area (Å²) in [5.74, 6) is -0.899. The zero-order valence-electron chi connectivity index (χ0n) is 18.8. The van der Waals surface area contributed by atoms with Crippen LogP contribution in [0.3, 0.4) is 0 Å². The number of aliphatic hydroxyl groups excluding tert-OH is 1. The molecule has 0 saturated carbocycles. The molecule has 2 aromatic carbocycles. The molecule has 33 heavy (non-hydrogen) atoms. The van der Waals surface area contributed by atoms with Crippen molar-refractivity contribution in [1.82, 2.24) is 4.98 Å². The number of hydrogen-bond acceptors (Lipinski definition) is 6. The van der Waals surface area contributed by atoms with Crippen molar-refractivity contribution in [2.24, 2.45) is 0 Å². The Morgan fingerprint density at radius 2 is 1.76 bits per heavy atom.